The van der Waals surface area contributed by atoms with Crippen LogP contribution in [0.2, 0.25) is 5.02 Å². The Bertz CT molecular complexity index is 869. The first kappa shape index (κ1) is 17.9. The van der Waals surface area contributed by atoms with E-state index in [1.165, 1.54) is 9.80 Å². The van der Waals surface area contributed by atoms with Gasteiger partial charge in [-0.2, -0.15) is 0 Å². The van der Waals surface area contributed by atoms with Crippen molar-refractivity contribution in [3.63, 3.8) is 0 Å². The molecular formula is C19H18ClN3O3. The minimum atomic E-state index is -0.699. The third-order valence-electron chi connectivity index (χ3n) is 4.07. The third kappa shape index (κ3) is 4.03. The molecule has 1 aliphatic rings. The zero-order valence-electron chi connectivity index (χ0n) is 14.2. The molecule has 1 N–H and O–H groups in total. The molecule has 0 bridgehead atoms. The second-order valence-corrected chi connectivity index (χ2v) is 6.52. The van der Waals surface area contributed by atoms with E-state index in [0.29, 0.717) is 22.9 Å². The fraction of sp³-hybridized carbons (Fsp3) is 0.211. The van der Waals surface area contributed by atoms with Gasteiger partial charge >= 0.3 is 11.8 Å². The number of piperazine rings is 1. The lowest BCUT2D eigenvalue weighted by molar-refractivity contribution is -0.147. The van der Waals surface area contributed by atoms with Gasteiger partial charge in [0.2, 0.25) is 5.91 Å². The predicted molar refractivity (Wildman–Crippen MR) is 100 cm³/mol. The van der Waals surface area contributed by atoms with E-state index in [9.17, 15) is 14.4 Å². The SMILES string of the molecule is Cc1cccc(NC(=O)CN2CCN(c3cccc(Cl)c3)C(=O)C2=O)c1. The summed E-state index contributed by atoms with van der Waals surface area (Å²) < 4.78 is 0. The second-order valence-electron chi connectivity index (χ2n) is 6.08. The summed E-state index contributed by atoms with van der Waals surface area (Å²) in [5.74, 6) is -1.70. The molecule has 2 aromatic carbocycles. The Morgan fingerprint density at radius 1 is 1.08 bits per heavy atom. The molecule has 3 rings (SSSR count). The number of amides is 3. The molecule has 0 radical (unpaired) electrons. The average Bonchev–Trinajstić information content (AvgIpc) is 2.59. The molecule has 1 heterocycles. The van der Waals surface area contributed by atoms with Crippen LogP contribution in [0.15, 0.2) is 48.5 Å². The summed E-state index contributed by atoms with van der Waals surface area (Å²) in [5.41, 5.74) is 2.25. The van der Waals surface area contributed by atoms with Crippen molar-refractivity contribution in [2.24, 2.45) is 0 Å². The highest BCUT2D eigenvalue weighted by atomic mass is 35.5. The molecule has 26 heavy (non-hydrogen) atoms. The minimum absolute atomic E-state index is 0.165. The van der Waals surface area contributed by atoms with Crippen molar-refractivity contribution >= 4 is 40.7 Å². The lowest BCUT2D eigenvalue weighted by Crippen LogP contribution is -2.56. The van der Waals surface area contributed by atoms with E-state index in [-0.39, 0.29) is 19.0 Å². The van der Waals surface area contributed by atoms with Gasteiger partial charge in [-0.15, -0.1) is 0 Å². The van der Waals surface area contributed by atoms with Crippen LogP contribution >= 0.6 is 11.6 Å². The maximum atomic E-state index is 12.4. The van der Waals surface area contributed by atoms with Gasteiger partial charge in [-0.3, -0.25) is 14.4 Å². The fourth-order valence-corrected chi connectivity index (χ4v) is 3.00. The molecule has 0 atom stereocenters. The number of rotatable bonds is 4. The van der Waals surface area contributed by atoms with Gasteiger partial charge in [-0.25, -0.2) is 0 Å². The third-order valence-corrected chi connectivity index (χ3v) is 4.30. The van der Waals surface area contributed by atoms with Crippen LogP contribution < -0.4 is 10.2 Å². The molecule has 1 fully saturated rings. The van der Waals surface area contributed by atoms with Gasteiger partial charge < -0.3 is 15.1 Å². The number of hydrogen-bond acceptors (Lipinski definition) is 3. The monoisotopic (exact) mass is 371 g/mol. The van der Waals surface area contributed by atoms with Crippen molar-refractivity contribution in [2.45, 2.75) is 6.92 Å². The number of carbonyl (C=O) groups is 3. The van der Waals surface area contributed by atoms with E-state index >= 15 is 0 Å². The van der Waals surface area contributed by atoms with Crippen LogP contribution in [-0.4, -0.2) is 42.3 Å². The standard InChI is InChI=1S/C19H18ClN3O3/c1-13-4-2-6-15(10-13)21-17(24)12-22-8-9-23(19(26)18(22)25)16-7-3-5-14(20)11-16/h2-7,10-11H,8-9,12H2,1H3,(H,21,24). The van der Waals surface area contributed by atoms with Crippen LogP contribution in [-0.2, 0) is 14.4 Å². The maximum absolute atomic E-state index is 12.4. The lowest BCUT2D eigenvalue weighted by atomic mass is 10.2. The highest BCUT2D eigenvalue weighted by Gasteiger charge is 2.34. The van der Waals surface area contributed by atoms with Crippen molar-refractivity contribution in [2.75, 3.05) is 29.9 Å². The lowest BCUT2D eigenvalue weighted by Gasteiger charge is -2.33. The van der Waals surface area contributed by atoms with Crippen LogP contribution in [0.25, 0.3) is 0 Å². The number of anilines is 2. The number of nitrogens with one attached hydrogen (secondary N) is 1. The topological polar surface area (TPSA) is 69.7 Å². The molecule has 2 aromatic rings. The van der Waals surface area contributed by atoms with Crippen molar-refractivity contribution in [3.05, 3.63) is 59.1 Å². The van der Waals surface area contributed by atoms with Gasteiger partial charge in [-0.1, -0.05) is 29.8 Å². The average molecular weight is 372 g/mol. The quantitative estimate of drug-likeness (QED) is 0.839. The Kier molecular flexibility index (Phi) is 5.23. The van der Waals surface area contributed by atoms with Crippen molar-refractivity contribution in [3.8, 4) is 0 Å². The number of aryl methyl sites for hydroxylation is 1. The van der Waals surface area contributed by atoms with Crippen LogP contribution in [0.4, 0.5) is 11.4 Å². The van der Waals surface area contributed by atoms with Crippen molar-refractivity contribution in [1.29, 1.82) is 0 Å². The number of hydrogen-bond donors (Lipinski definition) is 1. The first-order valence-corrected chi connectivity index (χ1v) is 8.55. The molecular weight excluding hydrogens is 354 g/mol. The van der Waals surface area contributed by atoms with Gasteiger partial charge in [0.05, 0.1) is 0 Å². The zero-order chi connectivity index (χ0) is 18.7. The van der Waals surface area contributed by atoms with Gasteiger partial charge in [0.1, 0.15) is 6.54 Å². The summed E-state index contributed by atoms with van der Waals surface area (Å²) in [6.07, 6.45) is 0. The molecule has 134 valence electrons. The van der Waals surface area contributed by atoms with E-state index < -0.39 is 11.8 Å². The molecule has 0 aliphatic carbocycles. The van der Waals surface area contributed by atoms with Crippen LogP contribution in [0.5, 0.6) is 0 Å². The molecule has 0 spiro atoms. The fourth-order valence-electron chi connectivity index (χ4n) is 2.81. The summed E-state index contributed by atoms with van der Waals surface area (Å²) in [5, 5.41) is 3.23. The molecule has 0 saturated carbocycles. The van der Waals surface area contributed by atoms with Gasteiger partial charge in [0.25, 0.3) is 0 Å². The number of benzene rings is 2. The van der Waals surface area contributed by atoms with Crippen LogP contribution in [0.1, 0.15) is 5.56 Å². The molecule has 6 nitrogen and oxygen atoms in total. The Hall–Kier alpha value is -2.86. The summed E-state index contributed by atoms with van der Waals surface area (Å²) >= 11 is 5.95. The van der Waals surface area contributed by atoms with E-state index in [0.717, 1.165) is 5.56 Å². The van der Waals surface area contributed by atoms with Crippen LogP contribution in [0, 0.1) is 6.92 Å². The Morgan fingerprint density at radius 2 is 1.85 bits per heavy atom. The first-order valence-electron chi connectivity index (χ1n) is 8.17. The zero-order valence-corrected chi connectivity index (χ0v) is 15.0. The maximum Gasteiger partial charge on any atom is 0.316 e. The highest BCUT2D eigenvalue weighted by molar-refractivity contribution is 6.41. The molecule has 1 aliphatic heterocycles. The smallest absolute Gasteiger partial charge is 0.316 e. The predicted octanol–water partition coefficient (Wildman–Crippen LogP) is 2.46. The largest absolute Gasteiger partial charge is 0.325 e. The summed E-state index contributed by atoms with van der Waals surface area (Å²) in [4.78, 5) is 39.6. The van der Waals surface area contributed by atoms with E-state index in [4.69, 9.17) is 11.6 Å². The Morgan fingerprint density at radius 3 is 2.58 bits per heavy atom. The molecule has 0 unspecified atom stereocenters. The molecule has 0 aromatic heterocycles. The number of halogens is 1. The summed E-state index contributed by atoms with van der Waals surface area (Å²) in [6.45, 7) is 2.34. The van der Waals surface area contributed by atoms with Crippen molar-refractivity contribution < 1.29 is 14.4 Å². The molecule has 3 amide bonds. The summed E-state index contributed by atoms with van der Waals surface area (Å²) in [7, 11) is 0. The minimum Gasteiger partial charge on any atom is -0.325 e. The number of nitrogens with zero attached hydrogens (tertiary/aromatic N) is 2. The van der Waals surface area contributed by atoms with Gasteiger partial charge in [0.15, 0.2) is 0 Å². The normalized spacial score (nSPS) is 14.5. The van der Waals surface area contributed by atoms with Gasteiger partial charge in [0, 0.05) is 29.5 Å². The van der Waals surface area contributed by atoms with Gasteiger partial charge in [-0.05, 0) is 42.8 Å². The highest BCUT2D eigenvalue weighted by Crippen LogP contribution is 2.21. The Labute approximate surface area is 156 Å². The molecule has 1 saturated heterocycles. The first-order chi connectivity index (χ1) is 12.4. The van der Waals surface area contributed by atoms with Crippen molar-refractivity contribution in [1.82, 2.24) is 4.90 Å². The second kappa shape index (κ2) is 7.58. The van der Waals surface area contributed by atoms with E-state index in [1.54, 1.807) is 30.3 Å². The van der Waals surface area contributed by atoms with E-state index in [2.05, 4.69) is 5.32 Å². The summed E-state index contributed by atoms with van der Waals surface area (Å²) in [6, 6.07) is 14.1. The number of carbonyl (C=O) groups excluding carboxylic acids is 3. The molecule has 7 heteroatoms. The van der Waals surface area contributed by atoms with E-state index in [1.807, 2.05) is 25.1 Å². The van der Waals surface area contributed by atoms with Crippen LogP contribution in [0.3, 0.4) is 0 Å². The Balaban J connectivity index is 1.63.